The van der Waals surface area contributed by atoms with Crippen LogP contribution in [-0.4, -0.2) is 130 Å². The van der Waals surface area contributed by atoms with Crippen LogP contribution in [0.3, 0.4) is 0 Å². The molecule has 2 saturated heterocycles. The first-order chi connectivity index (χ1) is 16.0. The second-order valence-corrected chi connectivity index (χ2v) is 7.97. The van der Waals surface area contributed by atoms with Gasteiger partial charge >= 0.3 is 5.97 Å². The normalized spacial score (nSPS) is 38.2. The van der Waals surface area contributed by atoms with Crippen molar-refractivity contribution in [3.05, 3.63) is 0 Å². The number of hydrogen-bond donors (Lipinski definition) is 8. The molecule has 0 aromatic heterocycles. The smallest absolute Gasteiger partial charge is 0.303 e. The van der Waals surface area contributed by atoms with Crippen LogP contribution in [0.15, 0.2) is 0 Å². The monoisotopic (exact) mass is 496 g/mol. The van der Waals surface area contributed by atoms with Crippen LogP contribution in [0.5, 0.6) is 0 Å². The van der Waals surface area contributed by atoms with Gasteiger partial charge in [-0.3, -0.25) is 14.4 Å². The summed E-state index contributed by atoms with van der Waals surface area (Å²) in [4.78, 5) is 34.3. The van der Waals surface area contributed by atoms with Crippen molar-refractivity contribution >= 4 is 17.8 Å². The summed E-state index contributed by atoms with van der Waals surface area (Å²) in [6, 6.07) is -2.55. The fourth-order valence-electron chi connectivity index (χ4n) is 3.83. The number of amides is 2. The van der Waals surface area contributed by atoms with E-state index in [0.29, 0.717) is 0 Å². The third-order valence-corrected chi connectivity index (χ3v) is 5.52. The average Bonchev–Trinajstić information content (AvgIpc) is 2.79. The van der Waals surface area contributed by atoms with Gasteiger partial charge in [-0.1, -0.05) is 0 Å². The van der Waals surface area contributed by atoms with Crippen molar-refractivity contribution in [1.82, 2.24) is 10.6 Å². The van der Waals surface area contributed by atoms with Gasteiger partial charge in [-0.05, 0) is 0 Å². The molecule has 8 N–H and O–H groups in total. The first kappa shape index (κ1) is 28.3. The van der Waals surface area contributed by atoms with E-state index in [1.165, 1.54) is 14.0 Å². The minimum absolute atomic E-state index is 0.431. The first-order valence-corrected chi connectivity index (χ1v) is 10.6. The third-order valence-electron chi connectivity index (χ3n) is 5.52. The van der Waals surface area contributed by atoms with Gasteiger partial charge in [-0.25, -0.2) is 0 Å². The van der Waals surface area contributed by atoms with Gasteiger partial charge in [0, 0.05) is 20.5 Å². The minimum Gasteiger partial charge on any atom is -0.481 e. The van der Waals surface area contributed by atoms with Gasteiger partial charge < -0.3 is 60.2 Å². The van der Waals surface area contributed by atoms with Crippen LogP contribution in [-0.2, 0) is 33.3 Å². The number of methoxy groups -OCH3 is 1. The van der Waals surface area contributed by atoms with Crippen molar-refractivity contribution < 1.29 is 64.0 Å². The molecule has 34 heavy (non-hydrogen) atoms. The van der Waals surface area contributed by atoms with E-state index in [-0.39, 0.29) is 0 Å². The lowest BCUT2D eigenvalue weighted by Crippen LogP contribution is -2.69. The highest BCUT2D eigenvalue weighted by atomic mass is 16.7. The number of hydrogen-bond acceptors (Lipinski definition) is 12. The maximum absolute atomic E-state index is 12.1. The molecule has 2 heterocycles. The Balaban J connectivity index is 2.21. The fraction of sp³-hybridized carbons (Fsp3) is 0.842. The summed E-state index contributed by atoms with van der Waals surface area (Å²) in [5, 5.41) is 64.7. The number of aliphatic hydroxyl groups excluding tert-OH is 5. The molecule has 10 atom stereocenters. The molecule has 2 aliphatic rings. The topological polar surface area (TPSA) is 234 Å². The molecule has 15 nitrogen and oxygen atoms in total. The predicted octanol–water partition coefficient (Wildman–Crippen LogP) is -4.61. The highest BCUT2D eigenvalue weighted by Gasteiger charge is 2.51. The van der Waals surface area contributed by atoms with Crippen LogP contribution < -0.4 is 10.6 Å². The lowest BCUT2D eigenvalue weighted by atomic mass is 9.94. The van der Waals surface area contributed by atoms with Crippen molar-refractivity contribution in [3.8, 4) is 0 Å². The summed E-state index contributed by atoms with van der Waals surface area (Å²) in [6.07, 6.45) is -12.4. The Morgan fingerprint density at radius 2 is 1.47 bits per heavy atom. The number of carbonyl (C=O) groups is 3. The molecule has 0 aliphatic carbocycles. The van der Waals surface area contributed by atoms with Crippen LogP contribution in [0, 0.1) is 0 Å². The number of nitrogens with one attached hydrogen (secondary N) is 2. The van der Waals surface area contributed by atoms with Crippen LogP contribution in [0.25, 0.3) is 0 Å². The van der Waals surface area contributed by atoms with Crippen molar-refractivity contribution in [1.29, 1.82) is 0 Å². The quantitative estimate of drug-likeness (QED) is 0.142. The van der Waals surface area contributed by atoms with Crippen LogP contribution in [0.2, 0.25) is 0 Å². The van der Waals surface area contributed by atoms with Gasteiger partial charge in [0.2, 0.25) is 11.8 Å². The highest BCUT2D eigenvalue weighted by molar-refractivity contribution is 5.80. The Labute approximate surface area is 194 Å². The van der Waals surface area contributed by atoms with Crippen LogP contribution >= 0.6 is 0 Å². The number of aliphatic hydroxyl groups is 5. The number of ether oxygens (including phenoxy) is 4. The Morgan fingerprint density at radius 3 is 2.00 bits per heavy atom. The Hall–Kier alpha value is -1.95. The second-order valence-electron chi connectivity index (χ2n) is 7.97. The molecule has 0 aromatic carbocycles. The molecule has 0 bridgehead atoms. The zero-order valence-corrected chi connectivity index (χ0v) is 18.6. The summed E-state index contributed by atoms with van der Waals surface area (Å²) in [6.45, 7) is -0.187. The Morgan fingerprint density at radius 1 is 0.853 bits per heavy atom. The lowest BCUT2D eigenvalue weighted by Gasteiger charge is -2.47. The average molecular weight is 496 g/mol. The zero-order chi connectivity index (χ0) is 25.6. The van der Waals surface area contributed by atoms with E-state index in [4.69, 9.17) is 24.1 Å². The summed E-state index contributed by atoms with van der Waals surface area (Å²) in [5.74, 6) is -2.52. The van der Waals surface area contributed by atoms with E-state index in [1.807, 2.05) is 0 Å². The van der Waals surface area contributed by atoms with Crippen molar-refractivity contribution in [2.75, 3.05) is 20.3 Å². The highest BCUT2D eigenvalue weighted by Crippen LogP contribution is 2.29. The van der Waals surface area contributed by atoms with E-state index in [0.717, 1.165) is 0 Å². The number of carbonyl (C=O) groups excluding carboxylic acids is 2. The first-order valence-electron chi connectivity index (χ1n) is 10.6. The van der Waals surface area contributed by atoms with Crippen LogP contribution in [0.4, 0.5) is 0 Å². The number of rotatable bonds is 10. The summed E-state index contributed by atoms with van der Waals surface area (Å²) in [7, 11) is 1.26. The molecule has 0 saturated carbocycles. The molecule has 15 heteroatoms. The molecular formula is C19H32N2O13. The zero-order valence-electron chi connectivity index (χ0n) is 18.6. The maximum atomic E-state index is 12.1. The van der Waals surface area contributed by atoms with E-state index < -0.39 is 105 Å². The molecule has 0 spiro atoms. The molecule has 0 radical (unpaired) electrons. The standard InChI is InChI=1S/C19H32N2O13/c1-7(24)20-13-15(29)17(9(6-23)33-18(13)31-2)34-19-16(30)12(14(28)8(5-22)32-19)21-10(25)3-4-11(26)27/h8-9,12-19,22-23,28-30H,3-6H2,1-2H3,(H,20,24)(H,21,25)(H,26,27)/t8-,9-,12+,13-,14+,15-,16-,17-,18-,19?/m1/s1. The van der Waals surface area contributed by atoms with Gasteiger partial charge in [-0.2, -0.15) is 0 Å². The fourth-order valence-corrected chi connectivity index (χ4v) is 3.83. The molecular weight excluding hydrogens is 464 g/mol. The van der Waals surface area contributed by atoms with Gasteiger partial charge in [0.15, 0.2) is 12.6 Å². The van der Waals surface area contributed by atoms with E-state index in [9.17, 15) is 39.9 Å². The van der Waals surface area contributed by atoms with Gasteiger partial charge in [0.25, 0.3) is 0 Å². The van der Waals surface area contributed by atoms with E-state index in [2.05, 4.69) is 10.6 Å². The van der Waals surface area contributed by atoms with E-state index in [1.54, 1.807) is 0 Å². The number of carboxylic acids is 1. The van der Waals surface area contributed by atoms with Gasteiger partial charge in [0.05, 0.1) is 25.7 Å². The van der Waals surface area contributed by atoms with Crippen molar-refractivity contribution in [3.63, 3.8) is 0 Å². The minimum atomic E-state index is -1.74. The largest absolute Gasteiger partial charge is 0.481 e. The third kappa shape index (κ3) is 6.80. The molecule has 2 rings (SSSR count). The van der Waals surface area contributed by atoms with Crippen molar-refractivity contribution in [2.24, 2.45) is 0 Å². The maximum Gasteiger partial charge on any atom is 0.303 e. The lowest BCUT2D eigenvalue weighted by molar-refractivity contribution is -0.336. The number of carboxylic acid groups (broad SMARTS) is 1. The molecule has 2 fully saturated rings. The summed E-state index contributed by atoms with van der Waals surface area (Å²) >= 11 is 0. The molecule has 1 unspecified atom stereocenters. The molecule has 0 aromatic rings. The summed E-state index contributed by atoms with van der Waals surface area (Å²) in [5.41, 5.74) is 0. The van der Waals surface area contributed by atoms with Gasteiger partial charge in [0.1, 0.15) is 42.7 Å². The SMILES string of the molecule is CO[C@@H]1O[C@H](CO)[C@@H](OC2O[C@H](CO)[C@H](O)[C@H](NC(=O)CCC(=O)O)[C@H]2O)[C@H](O)[C@H]1NC(C)=O. The summed E-state index contributed by atoms with van der Waals surface area (Å²) < 4.78 is 21.7. The van der Waals surface area contributed by atoms with Crippen molar-refractivity contribution in [2.45, 2.75) is 81.1 Å². The Kier molecular flexibility index (Phi) is 10.5. The van der Waals surface area contributed by atoms with Crippen LogP contribution in [0.1, 0.15) is 19.8 Å². The molecule has 196 valence electrons. The predicted molar refractivity (Wildman–Crippen MR) is 108 cm³/mol. The second kappa shape index (κ2) is 12.7. The molecule has 2 amide bonds. The molecule has 2 aliphatic heterocycles. The van der Waals surface area contributed by atoms with E-state index >= 15 is 0 Å². The Bertz CT molecular complexity index is 710. The number of aliphatic carboxylic acids is 1. The van der Waals surface area contributed by atoms with Gasteiger partial charge in [-0.15, -0.1) is 0 Å².